The summed E-state index contributed by atoms with van der Waals surface area (Å²) in [5.41, 5.74) is 6.20. The van der Waals surface area contributed by atoms with Crippen molar-refractivity contribution < 1.29 is 0 Å². The summed E-state index contributed by atoms with van der Waals surface area (Å²) < 4.78 is 0. The van der Waals surface area contributed by atoms with Gasteiger partial charge >= 0.3 is 0 Å². The molecule has 6 nitrogen and oxygen atoms in total. The first-order valence-corrected chi connectivity index (χ1v) is 3.10. The van der Waals surface area contributed by atoms with E-state index in [9.17, 15) is 9.81 Å². The van der Waals surface area contributed by atoms with Crippen LogP contribution in [-0.4, -0.2) is 0 Å². The minimum absolute atomic E-state index is 0.286. The zero-order valence-corrected chi connectivity index (χ0v) is 6.04. The molecule has 0 unspecified atom stereocenters. The summed E-state index contributed by atoms with van der Waals surface area (Å²) in [6.45, 7) is 0. The van der Waals surface area contributed by atoms with E-state index in [4.69, 9.17) is 5.73 Å². The van der Waals surface area contributed by atoms with Gasteiger partial charge in [0.05, 0.1) is 16.3 Å². The Labute approximate surface area is 67.9 Å². The zero-order valence-electron chi connectivity index (χ0n) is 6.04. The van der Waals surface area contributed by atoms with Gasteiger partial charge in [0, 0.05) is 5.69 Å². The molecule has 2 N–H and O–H groups in total. The van der Waals surface area contributed by atoms with Gasteiger partial charge in [0.1, 0.15) is 0 Å². The number of nitrogen functional groups attached to an aromatic ring is 1. The molecule has 0 aliphatic rings. The Morgan fingerprint density at radius 3 is 2.00 bits per heavy atom. The third kappa shape index (κ3) is 1.54. The van der Waals surface area contributed by atoms with Crippen molar-refractivity contribution in [3.05, 3.63) is 34.1 Å². The molecule has 0 fully saturated rings. The van der Waals surface area contributed by atoms with Gasteiger partial charge in [0.25, 0.3) is 0 Å². The summed E-state index contributed by atoms with van der Waals surface area (Å²) in [5.74, 6) is 0. The standard InChI is InChI=1S/C6H6N4O2/c7-5-1-3-6(4-2-5)10(8-11)9-12/h1-4H,7H2. The van der Waals surface area contributed by atoms with E-state index in [-0.39, 0.29) is 5.69 Å². The summed E-state index contributed by atoms with van der Waals surface area (Å²) in [5, 5.41) is 5.17. The molecule has 1 aromatic carbocycles. The molecular weight excluding hydrogens is 160 g/mol. The lowest BCUT2D eigenvalue weighted by molar-refractivity contribution is 0.907. The van der Waals surface area contributed by atoms with Gasteiger partial charge in [0.15, 0.2) is 0 Å². The van der Waals surface area contributed by atoms with Crippen molar-refractivity contribution in [3.8, 4) is 0 Å². The molecule has 62 valence electrons. The number of benzene rings is 1. The third-order valence-electron chi connectivity index (χ3n) is 1.28. The smallest absolute Gasteiger partial charge is 0.0924 e. The molecule has 0 atom stereocenters. The second kappa shape index (κ2) is 3.42. The van der Waals surface area contributed by atoms with Crippen molar-refractivity contribution >= 4 is 11.4 Å². The van der Waals surface area contributed by atoms with E-state index in [0.29, 0.717) is 10.8 Å². The van der Waals surface area contributed by atoms with Gasteiger partial charge in [-0.1, -0.05) is 5.12 Å². The fourth-order valence-corrected chi connectivity index (χ4v) is 0.717. The lowest BCUT2D eigenvalue weighted by atomic mass is 10.3. The van der Waals surface area contributed by atoms with Gasteiger partial charge in [-0.25, -0.2) is 0 Å². The summed E-state index contributed by atoms with van der Waals surface area (Å²) >= 11 is 0. The SMILES string of the molecule is Nc1ccc(N(N=O)N=O)cc1. The molecule has 0 aliphatic heterocycles. The minimum atomic E-state index is 0.286. The monoisotopic (exact) mass is 166 g/mol. The predicted molar refractivity (Wildman–Crippen MR) is 44.9 cm³/mol. The maximum absolute atomic E-state index is 9.97. The molecule has 0 aromatic heterocycles. The molecule has 0 spiro atoms. The highest BCUT2D eigenvalue weighted by Crippen LogP contribution is 2.16. The van der Waals surface area contributed by atoms with Gasteiger partial charge in [-0.15, -0.1) is 9.81 Å². The first-order valence-electron chi connectivity index (χ1n) is 3.10. The fourth-order valence-electron chi connectivity index (χ4n) is 0.717. The van der Waals surface area contributed by atoms with E-state index in [1.807, 2.05) is 0 Å². The Kier molecular flexibility index (Phi) is 2.32. The lowest BCUT2D eigenvalue weighted by Gasteiger charge is -2.03. The Balaban J connectivity index is 2.94. The molecule has 0 saturated heterocycles. The summed E-state index contributed by atoms with van der Waals surface area (Å²) in [7, 11) is 0. The van der Waals surface area contributed by atoms with Crippen LogP contribution in [0.15, 0.2) is 34.8 Å². The van der Waals surface area contributed by atoms with Gasteiger partial charge in [-0.3, -0.25) is 0 Å². The van der Waals surface area contributed by atoms with Crippen molar-refractivity contribution in [1.82, 2.24) is 0 Å². The van der Waals surface area contributed by atoms with Gasteiger partial charge < -0.3 is 5.73 Å². The summed E-state index contributed by atoms with van der Waals surface area (Å²) in [4.78, 5) is 19.9. The van der Waals surface area contributed by atoms with E-state index < -0.39 is 0 Å². The average molecular weight is 166 g/mol. The van der Waals surface area contributed by atoms with Crippen molar-refractivity contribution in [2.75, 3.05) is 10.9 Å². The van der Waals surface area contributed by atoms with Gasteiger partial charge in [0.2, 0.25) is 0 Å². The van der Waals surface area contributed by atoms with Crippen LogP contribution in [0.4, 0.5) is 11.4 Å². The second-order valence-corrected chi connectivity index (χ2v) is 2.04. The molecule has 0 radical (unpaired) electrons. The van der Waals surface area contributed by atoms with Gasteiger partial charge in [-0.2, -0.15) is 0 Å². The molecule has 6 heteroatoms. The third-order valence-corrected chi connectivity index (χ3v) is 1.28. The zero-order chi connectivity index (χ0) is 8.97. The van der Waals surface area contributed by atoms with E-state index in [1.165, 1.54) is 12.1 Å². The largest absolute Gasteiger partial charge is 0.399 e. The number of anilines is 2. The van der Waals surface area contributed by atoms with E-state index in [0.717, 1.165) is 0 Å². The molecule has 0 heterocycles. The maximum atomic E-state index is 9.97. The highest BCUT2D eigenvalue weighted by Gasteiger charge is 2.04. The highest BCUT2D eigenvalue weighted by atomic mass is 16.4. The quantitative estimate of drug-likeness (QED) is 0.418. The molecule has 1 rings (SSSR count). The minimum Gasteiger partial charge on any atom is -0.399 e. The van der Waals surface area contributed by atoms with Crippen molar-refractivity contribution in [2.24, 2.45) is 10.6 Å². The summed E-state index contributed by atoms with van der Waals surface area (Å²) in [6.07, 6.45) is 0. The molecule has 0 amide bonds. The number of hydrogen-bond acceptors (Lipinski definition) is 5. The van der Waals surface area contributed by atoms with Crippen LogP contribution in [0.25, 0.3) is 0 Å². The van der Waals surface area contributed by atoms with Gasteiger partial charge in [-0.05, 0) is 24.3 Å². The molecule has 0 saturated carbocycles. The van der Waals surface area contributed by atoms with Crippen LogP contribution < -0.4 is 10.9 Å². The lowest BCUT2D eigenvalue weighted by Crippen LogP contribution is -2.04. The van der Waals surface area contributed by atoms with Crippen molar-refractivity contribution in [3.63, 3.8) is 0 Å². The first kappa shape index (κ1) is 8.12. The van der Waals surface area contributed by atoms with Crippen LogP contribution >= 0.6 is 0 Å². The summed E-state index contributed by atoms with van der Waals surface area (Å²) in [6, 6.07) is 6.02. The van der Waals surface area contributed by atoms with Crippen molar-refractivity contribution in [1.29, 1.82) is 0 Å². The molecule has 0 aliphatic carbocycles. The molecule has 1 aromatic rings. The van der Waals surface area contributed by atoms with Crippen LogP contribution in [0, 0.1) is 9.81 Å². The average Bonchev–Trinajstić information content (AvgIpc) is 2.10. The fraction of sp³-hybridized carbons (Fsp3) is 0. The Morgan fingerprint density at radius 2 is 1.58 bits per heavy atom. The molecular formula is C6H6N4O2. The van der Waals surface area contributed by atoms with Crippen LogP contribution in [0.2, 0.25) is 0 Å². The Hall–Kier alpha value is -1.98. The van der Waals surface area contributed by atoms with Crippen molar-refractivity contribution in [2.45, 2.75) is 0 Å². The predicted octanol–water partition coefficient (Wildman–Crippen LogP) is 1.44. The number of nitrogens with zero attached hydrogens (tertiary/aromatic N) is 3. The molecule has 12 heavy (non-hydrogen) atoms. The van der Waals surface area contributed by atoms with Crippen LogP contribution in [0.1, 0.15) is 0 Å². The topological polar surface area (TPSA) is 88.1 Å². The number of rotatable bonds is 3. The number of hydrogen-bond donors (Lipinski definition) is 1. The van der Waals surface area contributed by atoms with Crippen LogP contribution in [-0.2, 0) is 0 Å². The van der Waals surface area contributed by atoms with E-state index in [1.54, 1.807) is 12.1 Å². The maximum Gasteiger partial charge on any atom is 0.0924 e. The normalized spacial score (nSPS) is 9.00. The number of nitroso groups, excluding NO2 is 2. The highest BCUT2D eigenvalue weighted by molar-refractivity contribution is 5.51. The second-order valence-electron chi connectivity index (χ2n) is 2.04. The Bertz CT molecular complexity index is 276. The van der Waals surface area contributed by atoms with Crippen LogP contribution in [0.5, 0.6) is 0 Å². The van der Waals surface area contributed by atoms with Crippen LogP contribution in [0.3, 0.4) is 0 Å². The Morgan fingerprint density at radius 1 is 1.08 bits per heavy atom. The number of nitrogens with two attached hydrogens (primary N) is 1. The first-order chi connectivity index (χ1) is 5.77. The van der Waals surface area contributed by atoms with E-state index in [2.05, 4.69) is 10.6 Å². The molecule has 0 bridgehead atoms. The van der Waals surface area contributed by atoms with E-state index >= 15 is 0 Å².